The highest BCUT2D eigenvalue weighted by atomic mass is 19.1. The molecule has 0 fully saturated rings. The molecule has 3 aromatic carbocycles. The van der Waals surface area contributed by atoms with Crippen molar-refractivity contribution in [3.63, 3.8) is 0 Å². The molecule has 1 aromatic heterocycles. The van der Waals surface area contributed by atoms with E-state index in [2.05, 4.69) is 6.07 Å². The maximum absolute atomic E-state index is 14.0. The van der Waals surface area contributed by atoms with Gasteiger partial charge in [-0.3, -0.25) is 4.79 Å². The maximum atomic E-state index is 14.0. The van der Waals surface area contributed by atoms with Crippen LogP contribution in [-0.4, -0.2) is 17.1 Å². The van der Waals surface area contributed by atoms with Crippen LogP contribution in [0.2, 0.25) is 0 Å². The topological polar surface area (TPSA) is 57.2 Å². The van der Waals surface area contributed by atoms with E-state index in [0.29, 0.717) is 35.0 Å². The average molecular weight is 361 g/mol. The molecule has 4 nitrogen and oxygen atoms in total. The fraction of sp³-hybridized carbons (Fsp3) is 0.136. The number of nitrogens with two attached hydrogens (primary N) is 1. The van der Waals surface area contributed by atoms with Gasteiger partial charge in [0, 0.05) is 22.9 Å². The van der Waals surface area contributed by atoms with Gasteiger partial charge >= 0.3 is 0 Å². The molecule has 1 heterocycles. The first-order valence-electron chi connectivity index (χ1n) is 8.72. The van der Waals surface area contributed by atoms with E-state index in [-0.39, 0.29) is 5.82 Å². The Labute approximate surface area is 156 Å². The molecule has 0 aliphatic heterocycles. The fourth-order valence-corrected chi connectivity index (χ4v) is 3.49. The van der Waals surface area contributed by atoms with Gasteiger partial charge in [-0.15, -0.1) is 0 Å². The molecule has 1 amide bonds. The molecule has 27 heavy (non-hydrogen) atoms. The lowest BCUT2D eigenvalue weighted by Gasteiger charge is -2.10. The Balaban J connectivity index is 1.96. The Morgan fingerprint density at radius 2 is 2.00 bits per heavy atom. The predicted molar refractivity (Wildman–Crippen MR) is 103 cm³/mol. The molecule has 0 saturated heterocycles. The summed E-state index contributed by atoms with van der Waals surface area (Å²) < 4.78 is 21.5. The molecule has 4 aromatic rings. The van der Waals surface area contributed by atoms with E-state index in [1.807, 2.05) is 41.8 Å². The van der Waals surface area contributed by atoms with Crippen molar-refractivity contribution in [2.24, 2.45) is 5.73 Å². The summed E-state index contributed by atoms with van der Waals surface area (Å²) >= 11 is 0. The summed E-state index contributed by atoms with van der Waals surface area (Å²) in [6, 6.07) is 18.8. The fourth-order valence-electron chi connectivity index (χ4n) is 3.49. The first kappa shape index (κ1) is 17.1. The minimum atomic E-state index is -0.518. The van der Waals surface area contributed by atoms with Gasteiger partial charge in [0.1, 0.15) is 11.6 Å². The van der Waals surface area contributed by atoms with Crippen LogP contribution in [0.15, 0.2) is 54.6 Å². The van der Waals surface area contributed by atoms with E-state index < -0.39 is 5.91 Å². The average Bonchev–Trinajstić information content (AvgIpc) is 2.95. The molecule has 0 aliphatic carbocycles. The first-order chi connectivity index (χ1) is 13.1. The monoisotopic (exact) mass is 361 g/mol. The number of amides is 1. The van der Waals surface area contributed by atoms with Gasteiger partial charge in [0.05, 0.1) is 17.6 Å². The zero-order valence-electron chi connectivity index (χ0n) is 14.8. The molecule has 0 spiro atoms. The lowest BCUT2D eigenvalue weighted by molar-refractivity contribution is 0.100. The quantitative estimate of drug-likeness (QED) is 0.577. The van der Waals surface area contributed by atoms with E-state index in [4.69, 9.17) is 10.5 Å². The molecular weight excluding hydrogens is 343 g/mol. The van der Waals surface area contributed by atoms with Crippen molar-refractivity contribution in [2.45, 2.75) is 13.5 Å². The van der Waals surface area contributed by atoms with Crippen molar-refractivity contribution >= 4 is 27.7 Å². The van der Waals surface area contributed by atoms with Crippen LogP contribution in [0.3, 0.4) is 0 Å². The van der Waals surface area contributed by atoms with Crippen LogP contribution in [0.5, 0.6) is 5.75 Å². The molecule has 0 bridgehead atoms. The van der Waals surface area contributed by atoms with Gasteiger partial charge in [-0.2, -0.15) is 0 Å². The number of hydrogen-bond donors (Lipinski definition) is 1. The van der Waals surface area contributed by atoms with Crippen molar-refractivity contribution < 1.29 is 13.9 Å². The number of aromatic nitrogens is 1. The molecule has 135 valence electrons. The highest BCUT2D eigenvalue weighted by molar-refractivity contribution is 6.17. The van der Waals surface area contributed by atoms with Gasteiger partial charge in [0.25, 0.3) is 0 Å². The Hall–Kier alpha value is -3.34. The number of halogens is 1. The summed E-state index contributed by atoms with van der Waals surface area (Å²) in [5, 5.41) is 1.38. The third kappa shape index (κ3) is 3.01. The normalized spacial score (nSPS) is 11.2. The Morgan fingerprint density at radius 3 is 2.78 bits per heavy atom. The van der Waals surface area contributed by atoms with E-state index in [9.17, 15) is 9.18 Å². The summed E-state index contributed by atoms with van der Waals surface area (Å²) in [6.07, 6.45) is 0. The molecule has 0 aliphatic rings. The van der Waals surface area contributed by atoms with E-state index in [0.717, 1.165) is 16.8 Å². The number of carbonyl (C=O) groups is 1. The summed E-state index contributed by atoms with van der Waals surface area (Å²) in [7, 11) is 0. The first-order valence-corrected chi connectivity index (χ1v) is 8.72. The predicted octanol–water partition coefficient (Wildman–Crippen LogP) is 4.28. The Bertz CT molecular complexity index is 1160. The number of carbonyl (C=O) groups excluding carboxylic acids is 1. The van der Waals surface area contributed by atoms with Crippen LogP contribution in [0, 0.1) is 11.9 Å². The number of fused-ring (bicyclic) bond motifs is 3. The van der Waals surface area contributed by atoms with Crippen LogP contribution in [0.4, 0.5) is 4.39 Å². The van der Waals surface area contributed by atoms with Crippen molar-refractivity contribution in [1.29, 1.82) is 0 Å². The molecule has 4 rings (SSSR count). The lowest BCUT2D eigenvalue weighted by atomic mass is 10.1. The summed E-state index contributed by atoms with van der Waals surface area (Å²) in [5.41, 5.74) is 8.45. The lowest BCUT2D eigenvalue weighted by Crippen LogP contribution is -2.11. The number of benzene rings is 3. The second kappa shape index (κ2) is 6.76. The summed E-state index contributed by atoms with van der Waals surface area (Å²) in [4.78, 5) is 11.9. The minimum absolute atomic E-state index is 0.379. The summed E-state index contributed by atoms with van der Waals surface area (Å²) in [6.45, 7) is 3.02. The third-order valence-electron chi connectivity index (χ3n) is 4.57. The molecule has 0 unspecified atom stereocenters. The molecule has 0 saturated carbocycles. The van der Waals surface area contributed by atoms with Crippen LogP contribution >= 0.6 is 0 Å². The maximum Gasteiger partial charge on any atom is 0.249 e. The van der Waals surface area contributed by atoms with Crippen molar-refractivity contribution in [1.82, 2.24) is 4.57 Å². The van der Waals surface area contributed by atoms with Gasteiger partial charge in [-0.25, -0.2) is 4.39 Å². The van der Waals surface area contributed by atoms with Gasteiger partial charge < -0.3 is 15.0 Å². The second-order valence-electron chi connectivity index (χ2n) is 6.31. The standard InChI is InChI=1S/C22H18FN2O2/c1-2-27-16-6-3-5-14(11-16)13-25-19-8-4-7-18(22(24)26)21(19)17-10-9-15(23)12-20(17)25/h3-9,11-12H,2,13H2,1H3,(H2,24,26). The van der Waals surface area contributed by atoms with Crippen molar-refractivity contribution in [3.8, 4) is 5.75 Å². The number of hydrogen-bond acceptors (Lipinski definition) is 2. The van der Waals surface area contributed by atoms with E-state index in [1.165, 1.54) is 12.1 Å². The molecular formula is C22H18FN2O2. The van der Waals surface area contributed by atoms with Gasteiger partial charge in [-0.1, -0.05) is 18.2 Å². The largest absolute Gasteiger partial charge is 0.494 e. The molecule has 5 heteroatoms. The van der Waals surface area contributed by atoms with E-state index in [1.54, 1.807) is 12.1 Å². The number of rotatable bonds is 5. The minimum Gasteiger partial charge on any atom is -0.494 e. The highest BCUT2D eigenvalue weighted by Gasteiger charge is 2.17. The van der Waals surface area contributed by atoms with E-state index >= 15 is 0 Å². The van der Waals surface area contributed by atoms with Crippen LogP contribution in [-0.2, 0) is 6.54 Å². The van der Waals surface area contributed by atoms with Gasteiger partial charge in [-0.05, 0) is 55.0 Å². The zero-order chi connectivity index (χ0) is 19.0. The van der Waals surface area contributed by atoms with Crippen LogP contribution < -0.4 is 10.5 Å². The van der Waals surface area contributed by atoms with Crippen molar-refractivity contribution in [3.05, 3.63) is 77.6 Å². The second-order valence-corrected chi connectivity index (χ2v) is 6.31. The van der Waals surface area contributed by atoms with Gasteiger partial charge in [0.15, 0.2) is 0 Å². The van der Waals surface area contributed by atoms with Crippen LogP contribution in [0.25, 0.3) is 21.8 Å². The number of ether oxygens (including phenoxy) is 1. The molecule has 2 N–H and O–H groups in total. The number of nitrogens with zero attached hydrogens (tertiary/aromatic N) is 1. The smallest absolute Gasteiger partial charge is 0.249 e. The molecule has 0 atom stereocenters. The van der Waals surface area contributed by atoms with Crippen molar-refractivity contribution in [2.75, 3.05) is 6.61 Å². The van der Waals surface area contributed by atoms with Crippen LogP contribution in [0.1, 0.15) is 22.8 Å². The SMILES string of the molecule is CCOc1cccc(Cn2c3cc(F)c[c]c3c3c(C(N)=O)cccc32)c1. The molecule has 1 radical (unpaired) electrons. The Morgan fingerprint density at radius 1 is 1.19 bits per heavy atom. The zero-order valence-corrected chi connectivity index (χ0v) is 14.8. The summed E-state index contributed by atoms with van der Waals surface area (Å²) in [5.74, 6) is -0.114. The number of primary amides is 1. The van der Waals surface area contributed by atoms with Gasteiger partial charge in [0.2, 0.25) is 5.91 Å². The Kier molecular flexibility index (Phi) is 4.28. The third-order valence-corrected chi connectivity index (χ3v) is 4.57. The highest BCUT2D eigenvalue weighted by Crippen LogP contribution is 2.32.